The monoisotopic (exact) mass is 419 g/mol. The topological polar surface area (TPSA) is 80.2 Å². The number of amides is 1. The molecule has 0 unspecified atom stereocenters. The number of nitrogens with zero attached hydrogens (tertiary/aromatic N) is 2. The maximum absolute atomic E-state index is 13.3. The SMILES string of the molecule is N#CCNC(=O)C1(NC2(N3CCNCC3)C=CC(c3ccccc3)C=C2)CCCCC1. The van der Waals surface area contributed by atoms with Crippen molar-refractivity contribution in [1.82, 2.24) is 20.9 Å². The predicted molar refractivity (Wildman–Crippen MR) is 122 cm³/mol. The van der Waals surface area contributed by atoms with Crippen LogP contribution in [0.1, 0.15) is 43.6 Å². The predicted octanol–water partition coefficient (Wildman–Crippen LogP) is 2.43. The van der Waals surface area contributed by atoms with E-state index in [2.05, 4.69) is 69.4 Å². The van der Waals surface area contributed by atoms with E-state index in [9.17, 15) is 4.79 Å². The van der Waals surface area contributed by atoms with Crippen LogP contribution in [0.15, 0.2) is 54.6 Å². The van der Waals surface area contributed by atoms with Crippen molar-refractivity contribution in [3.05, 3.63) is 60.2 Å². The molecule has 3 aliphatic rings. The molecule has 164 valence electrons. The summed E-state index contributed by atoms with van der Waals surface area (Å²) in [5.41, 5.74) is 0.103. The van der Waals surface area contributed by atoms with Gasteiger partial charge in [0.25, 0.3) is 0 Å². The molecule has 2 fully saturated rings. The highest BCUT2D eigenvalue weighted by molar-refractivity contribution is 5.87. The number of allylic oxidation sites excluding steroid dienone is 2. The van der Waals surface area contributed by atoms with E-state index < -0.39 is 11.2 Å². The summed E-state index contributed by atoms with van der Waals surface area (Å²) in [6.07, 6.45) is 13.8. The second-order valence-electron chi connectivity index (χ2n) is 8.83. The first-order valence-electron chi connectivity index (χ1n) is 11.5. The summed E-state index contributed by atoms with van der Waals surface area (Å²) in [6, 6.07) is 12.5. The summed E-state index contributed by atoms with van der Waals surface area (Å²) in [5, 5.41) is 19.1. The van der Waals surface area contributed by atoms with Crippen molar-refractivity contribution in [2.75, 3.05) is 32.7 Å². The van der Waals surface area contributed by atoms with Crippen molar-refractivity contribution < 1.29 is 4.79 Å². The Kier molecular flexibility index (Phi) is 6.86. The van der Waals surface area contributed by atoms with Gasteiger partial charge in [0.05, 0.1) is 11.6 Å². The molecule has 0 spiro atoms. The van der Waals surface area contributed by atoms with Gasteiger partial charge in [-0.1, -0.05) is 61.7 Å². The van der Waals surface area contributed by atoms with E-state index in [1.54, 1.807) is 0 Å². The van der Waals surface area contributed by atoms with Crippen molar-refractivity contribution in [2.24, 2.45) is 0 Å². The van der Waals surface area contributed by atoms with Crippen molar-refractivity contribution in [3.63, 3.8) is 0 Å². The third-order valence-electron chi connectivity index (χ3n) is 6.85. The number of carbonyl (C=O) groups is 1. The molecule has 0 bridgehead atoms. The summed E-state index contributed by atoms with van der Waals surface area (Å²) in [5.74, 6) is 0.184. The van der Waals surface area contributed by atoms with Crippen LogP contribution in [-0.4, -0.2) is 54.7 Å². The Balaban J connectivity index is 1.64. The molecular weight excluding hydrogens is 386 g/mol. The average molecular weight is 420 g/mol. The highest BCUT2D eigenvalue weighted by Gasteiger charge is 2.47. The van der Waals surface area contributed by atoms with Crippen molar-refractivity contribution in [2.45, 2.75) is 49.2 Å². The van der Waals surface area contributed by atoms with Crippen LogP contribution < -0.4 is 16.0 Å². The minimum atomic E-state index is -0.658. The molecule has 6 nitrogen and oxygen atoms in total. The fourth-order valence-electron chi connectivity index (χ4n) is 5.16. The quantitative estimate of drug-likeness (QED) is 0.488. The van der Waals surface area contributed by atoms with Crippen LogP contribution in [-0.2, 0) is 4.79 Å². The standard InChI is InChI=1S/C25H33N5O/c26-15-16-28-23(31)24(11-5-2-6-12-24)29-25(30-19-17-27-18-20-30)13-9-22(10-14-25)21-7-3-1-4-8-21/h1,3-4,7-10,13-14,22,27,29H,2,5-6,11-12,16-20H2,(H,28,31). The third kappa shape index (κ3) is 4.74. The zero-order chi connectivity index (χ0) is 21.6. The fourth-order valence-corrected chi connectivity index (χ4v) is 5.16. The van der Waals surface area contributed by atoms with Gasteiger partial charge in [-0.25, -0.2) is 0 Å². The van der Waals surface area contributed by atoms with Gasteiger partial charge in [-0.3, -0.25) is 15.0 Å². The molecule has 6 heteroatoms. The minimum absolute atomic E-state index is 0.0461. The number of nitriles is 1. The highest BCUT2D eigenvalue weighted by atomic mass is 16.2. The van der Waals surface area contributed by atoms with E-state index in [-0.39, 0.29) is 18.4 Å². The first kappa shape index (κ1) is 21.8. The Morgan fingerprint density at radius 1 is 1.10 bits per heavy atom. The van der Waals surface area contributed by atoms with Crippen LogP contribution in [0.25, 0.3) is 0 Å². The van der Waals surface area contributed by atoms with Gasteiger partial charge in [0, 0.05) is 32.1 Å². The largest absolute Gasteiger partial charge is 0.341 e. The Morgan fingerprint density at radius 3 is 2.42 bits per heavy atom. The number of benzene rings is 1. The molecule has 31 heavy (non-hydrogen) atoms. The summed E-state index contributed by atoms with van der Waals surface area (Å²) >= 11 is 0. The van der Waals surface area contributed by atoms with Gasteiger partial charge in [-0.2, -0.15) is 5.26 Å². The van der Waals surface area contributed by atoms with Gasteiger partial charge in [0.15, 0.2) is 0 Å². The molecule has 1 amide bonds. The van der Waals surface area contributed by atoms with Crippen LogP contribution in [0.5, 0.6) is 0 Å². The lowest BCUT2D eigenvalue weighted by molar-refractivity contribution is -0.130. The number of nitrogens with one attached hydrogen (secondary N) is 3. The molecule has 1 saturated heterocycles. The van der Waals surface area contributed by atoms with Crippen LogP contribution in [0.4, 0.5) is 0 Å². The summed E-state index contributed by atoms with van der Waals surface area (Å²) in [7, 11) is 0. The van der Waals surface area contributed by atoms with Gasteiger partial charge in [-0.05, 0) is 30.6 Å². The molecule has 1 heterocycles. The molecule has 1 aromatic rings. The molecule has 0 aromatic heterocycles. The lowest BCUT2D eigenvalue weighted by Gasteiger charge is -2.50. The molecule has 1 aliphatic heterocycles. The Labute approximate surface area is 185 Å². The molecular formula is C25H33N5O. The summed E-state index contributed by atoms with van der Waals surface area (Å²) in [4.78, 5) is 15.7. The smallest absolute Gasteiger partial charge is 0.241 e. The lowest BCUT2D eigenvalue weighted by atomic mass is 9.78. The van der Waals surface area contributed by atoms with E-state index in [4.69, 9.17) is 5.26 Å². The molecule has 0 radical (unpaired) electrons. The summed E-state index contributed by atoms with van der Waals surface area (Å²) < 4.78 is 0. The molecule has 1 aromatic carbocycles. The van der Waals surface area contributed by atoms with Crippen molar-refractivity contribution in [3.8, 4) is 6.07 Å². The number of piperazine rings is 1. The Morgan fingerprint density at radius 2 is 1.77 bits per heavy atom. The van der Waals surface area contributed by atoms with Gasteiger partial charge < -0.3 is 10.6 Å². The van der Waals surface area contributed by atoms with Crippen molar-refractivity contribution in [1.29, 1.82) is 5.26 Å². The molecule has 1 saturated carbocycles. The zero-order valence-electron chi connectivity index (χ0n) is 18.1. The second-order valence-corrected chi connectivity index (χ2v) is 8.83. The van der Waals surface area contributed by atoms with Crippen LogP contribution in [0.2, 0.25) is 0 Å². The molecule has 0 atom stereocenters. The maximum Gasteiger partial charge on any atom is 0.241 e. The molecule has 3 N–H and O–H groups in total. The van der Waals surface area contributed by atoms with E-state index in [0.29, 0.717) is 0 Å². The van der Waals surface area contributed by atoms with Gasteiger partial charge in [-0.15, -0.1) is 0 Å². The van der Waals surface area contributed by atoms with E-state index >= 15 is 0 Å². The van der Waals surface area contributed by atoms with Crippen molar-refractivity contribution >= 4 is 5.91 Å². The van der Waals surface area contributed by atoms with Gasteiger partial charge in [0.1, 0.15) is 12.2 Å². The van der Waals surface area contributed by atoms with Crippen LogP contribution in [0, 0.1) is 11.3 Å². The second kappa shape index (κ2) is 9.78. The molecule has 4 rings (SSSR count). The zero-order valence-corrected chi connectivity index (χ0v) is 18.1. The number of hydrogen-bond acceptors (Lipinski definition) is 5. The first-order valence-corrected chi connectivity index (χ1v) is 11.5. The Bertz CT molecular complexity index is 830. The number of carbonyl (C=O) groups excluding carboxylic acids is 1. The lowest BCUT2D eigenvalue weighted by Crippen LogP contribution is -2.71. The fraction of sp³-hybridized carbons (Fsp3) is 0.520. The maximum atomic E-state index is 13.3. The number of rotatable bonds is 6. The number of hydrogen-bond donors (Lipinski definition) is 3. The van der Waals surface area contributed by atoms with Gasteiger partial charge in [0.2, 0.25) is 5.91 Å². The first-order chi connectivity index (χ1) is 15.2. The minimum Gasteiger partial charge on any atom is -0.341 e. The van der Waals surface area contributed by atoms with E-state index in [1.165, 1.54) is 5.56 Å². The third-order valence-corrected chi connectivity index (χ3v) is 6.85. The molecule has 2 aliphatic carbocycles. The van der Waals surface area contributed by atoms with Gasteiger partial charge >= 0.3 is 0 Å². The summed E-state index contributed by atoms with van der Waals surface area (Å²) in [6.45, 7) is 3.73. The average Bonchev–Trinajstić information content (AvgIpc) is 2.84. The van der Waals surface area contributed by atoms with E-state index in [1.807, 2.05) is 12.1 Å². The van der Waals surface area contributed by atoms with E-state index in [0.717, 1.165) is 58.3 Å². The highest BCUT2D eigenvalue weighted by Crippen LogP contribution is 2.35. The normalized spacial score (nSPS) is 28.0. The van der Waals surface area contributed by atoms with Crippen LogP contribution >= 0.6 is 0 Å². The van der Waals surface area contributed by atoms with Crippen LogP contribution in [0.3, 0.4) is 0 Å². The Hall–Kier alpha value is -2.46.